The summed E-state index contributed by atoms with van der Waals surface area (Å²) in [4.78, 5) is 26.9. The Morgan fingerprint density at radius 1 is 0.950 bits per heavy atom. The molecule has 2 aliphatic heterocycles. The highest BCUT2D eigenvalue weighted by Gasteiger charge is 2.29. The van der Waals surface area contributed by atoms with Crippen LogP contribution < -0.4 is 11.5 Å². The van der Waals surface area contributed by atoms with E-state index in [-0.39, 0.29) is 11.8 Å². The summed E-state index contributed by atoms with van der Waals surface area (Å²) in [6, 6.07) is 0. The van der Waals surface area contributed by atoms with Crippen molar-refractivity contribution in [2.45, 2.75) is 44.1 Å². The predicted molar refractivity (Wildman–Crippen MR) is 76.8 cm³/mol. The minimum Gasteiger partial charge on any atom is -0.343 e. The largest absolute Gasteiger partial charge is 0.343 e. The minimum absolute atomic E-state index is 0.221. The maximum Gasteiger partial charge on any atom is 0.222 e. The molecule has 0 atom stereocenters. The van der Waals surface area contributed by atoms with Crippen LogP contribution in [-0.4, -0.2) is 59.9 Å². The molecule has 2 amide bonds. The molecular formula is C14H26N4O2. The van der Waals surface area contributed by atoms with Crippen molar-refractivity contribution in [2.24, 2.45) is 11.5 Å². The first-order chi connectivity index (χ1) is 9.54. The van der Waals surface area contributed by atoms with Crippen molar-refractivity contribution in [1.29, 1.82) is 0 Å². The lowest BCUT2D eigenvalue weighted by atomic mass is 9.92. The lowest BCUT2D eigenvalue weighted by molar-refractivity contribution is -0.128. The highest BCUT2D eigenvalue weighted by molar-refractivity contribution is 5.78. The molecule has 0 aromatic heterocycles. The van der Waals surface area contributed by atoms with Crippen molar-refractivity contribution < 1.29 is 9.59 Å². The molecule has 0 bridgehead atoms. The van der Waals surface area contributed by atoms with E-state index in [1.807, 2.05) is 9.80 Å². The Bertz CT molecular complexity index is 342. The maximum absolute atomic E-state index is 11.6. The van der Waals surface area contributed by atoms with Crippen molar-refractivity contribution >= 4 is 11.8 Å². The van der Waals surface area contributed by atoms with Crippen molar-refractivity contribution in [1.82, 2.24) is 9.80 Å². The molecule has 6 heteroatoms. The van der Waals surface area contributed by atoms with Gasteiger partial charge in [0, 0.05) is 51.1 Å². The Labute approximate surface area is 120 Å². The first-order valence-electron chi connectivity index (χ1n) is 7.59. The van der Waals surface area contributed by atoms with Gasteiger partial charge in [-0.15, -0.1) is 0 Å². The lowest BCUT2D eigenvalue weighted by Gasteiger charge is -2.31. The van der Waals surface area contributed by atoms with Crippen LogP contribution in [0.5, 0.6) is 0 Å². The molecular weight excluding hydrogens is 256 g/mol. The molecule has 2 aliphatic rings. The molecule has 2 fully saturated rings. The van der Waals surface area contributed by atoms with Gasteiger partial charge in [-0.25, -0.2) is 0 Å². The van der Waals surface area contributed by atoms with E-state index in [9.17, 15) is 9.59 Å². The summed E-state index contributed by atoms with van der Waals surface area (Å²) >= 11 is 0. The van der Waals surface area contributed by atoms with Gasteiger partial charge in [0.05, 0.1) is 0 Å². The fourth-order valence-corrected chi connectivity index (χ4v) is 2.93. The van der Waals surface area contributed by atoms with Gasteiger partial charge in [0.15, 0.2) is 0 Å². The topological polar surface area (TPSA) is 92.7 Å². The highest BCUT2D eigenvalue weighted by Crippen LogP contribution is 2.18. The number of nitrogens with zero attached hydrogens (tertiary/aromatic N) is 2. The van der Waals surface area contributed by atoms with Crippen LogP contribution >= 0.6 is 0 Å². The first-order valence-corrected chi connectivity index (χ1v) is 7.59. The van der Waals surface area contributed by atoms with Crippen molar-refractivity contribution in [3.8, 4) is 0 Å². The Balaban J connectivity index is 1.78. The summed E-state index contributed by atoms with van der Waals surface area (Å²) in [7, 11) is 0. The second-order valence-corrected chi connectivity index (χ2v) is 6.04. The van der Waals surface area contributed by atoms with Gasteiger partial charge >= 0.3 is 0 Å². The Hall–Kier alpha value is -1.14. The summed E-state index contributed by atoms with van der Waals surface area (Å²) in [6.07, 6.45) is 4.61. The molecule has 4 N–H and O–H groups in total. The average molecular weight is 282 g/mol. The number of carbonyl (C=O) groups excluding carboxylic acids is 2. The molecule has 20 heavy (non-hydrogen) atoms. The monoisotopic (exact) mass is 282 g/mol. The van der Waals surface area contributed by atoms with Gasteiger partial charge in [0.1, 0.15) is 0 Å². The molecule has 2 heterocycles. The van der Waals surface area contributed by atoms with Gasteiger partial charge in [-0.05, 0) is 25.7 Å². The molecule has 0 saturated carbocycles. The lowest BCUT2D eigenvalue weighted by Crippen LogP contribution is -2.51. The maximum atomic E-state index is 11.6. The van der Waals surface area contributed by atoms with Crippen molar-refractivity contribution in [3.05, 3.63) is 0 Å². The second kappa shape index (κ2) is 6.54. The zero-order valence-electron chi connectivity index (χ0n) is 12.1. The highest BCUT2D eigenvalue weighted by atomic mass is 16.2. The van der Waals surface area contributed by atoms with Gasteiger partial charge in [-0.3, -0.25) is 9.59 Å². The first kappa shape index (κ1) is 15.3. The molecule has 114 valence electrons. The van der Waals surface area contributed by atoms with Crippen LogP contribution in [0.25, 0.3) is 0 Å². The van der Waals surface area contributed by atoms with Crippen LogP contribution in [0.15, 0.2) is 0 Å². The molecule has 0 unspecified atom stereocenters. The number of likely N-dealkylation sites (tertiary alicyclic amines) is 2. The van der Waals surface area contributed by atoms with Gasteiger partial charge in [-0.1, -0.05) is 0 Å². The van der Waals surface area contributed by atoms with Crippen molar-refractivity contribution in [2.75, 3.05) is 32.7 Å². The molecule has 0 radical (unpaired) electrons. The van der Waals surface area contributed by atoms with E-state index in [2.05, 4.69) is 0 Å². The third-order valence-electron chi connectivity index (χ3n) is 4.51. The number of rotatable bonds is 7. The average Bonchev–Trinajstić information content (AvgIpc) is 3.03. The number of hydrogen-bond donors (Lipinski definition) is 2. The zero-order chi connectivity index (χ0) is 14.6. The van der Waals surface area contributed by atoms with E-state index in [4.69, 9.17) is 11.5 Å². The van der Waals surface area contributed by atoms with Crippen LogP contribution in [-0.2, 0) is 9.59 Å². The van der Waals surface area contributed by atoms with E-state index in [0.717, 1.165) is 25.9 Å². The zero-order valence-corrected chi connectivity index (χ0v) is 12.1. The smallest absolute Gasteiger partial charge is 0.222 e. The number of hydrogen-bond acceptors (Lipinski definition) is 4. The Morgan fingerprint density at radius 2 is 1.40 bits per heavy atom. The van der Waals surface area contributed by atoms with Crippen LogP contribution in [0, 0.1) is 0 Å². The van der Waals surface area contributed by atoms with Crippen LogP contribution in [0.4, 0.5) is 0 Å². The molecule has 6 nitrogen and oxygen atoms in total. The fraction of sp³-hybridized carbons (Fsp3) is 0.857. The molecule has 0 aliphatic carbocycles. The Morgan fingerprint density at radius 3 is 1.70 bits per heavy atom. The molecule has 2 rings (SSSR count). The van der Waals surface area contributed by atoms with E-state index in [0.29, 0.717) is 45.3 Å². The summed E-state index contributed by atoms with van der Waals surface area (Å²) in [5.74, 6) is 0.443. The standard InChI is InChI=1S/C14H26N4O2/c15-11-14(16,5-9-17-7-1-3-12(17)19)6-10-18-8-2-4-13(18)20/h1-11,15-16H2. The quantitative estimate of drug-likeness (QED) is 0.668. The van der Waals surface area contributed by atoms with E-state index < -0.39 is 5.54 Å². The van der Waals surface area contributed by atoms with Crippen LogP contribution in [0.2, 0.25) is 0 Å². The number of nitrogens with two attached hydrogens (primary N) is 2. The van der Waals surface area contributed by atoms with Gasteiger partial charge < -0.3 is 21.3 Å². The summed E-state index contributed by atoms with van der Waals surface area (Å²) in [6.45, 7) is 3.42. The van der Waals surface area contributed by atoms with Crippen LogP contribution in [0.3, 0.4) is 0 Å². The van der Waals surface area contributed by atoms with Gasteiger partial charge in [-0.2, -0.15) is 0 Å². The van der Waals surface area contributed by atoms with Gasteiger partial charge in [0.25, 0.3) is 0 Å². The van der Waals surface area contributed by atoms with Gasteiger partial charge in [0.2, 0.25) is 11.8 Å². The third kappa shape index (κ3) is 3.70. The third-order valence-corrected chi connectivity index (χ3v) is 4.51. The second-order valence-electron chi connectivity index (χ2n) is 6.04. The molecule has 0 spiro atoms. The number of amides is 2. The molecule has 0 aromatic carbocycles. The SMILES string of the molecule is NCC(N)(CCN1CCCC1=O)CCN1CCCC1=O. The van der Waals surface area contributed by atoms with E-state index >= 15 is 0 Å². The van der Waals surface area contributed by atoms with Crippen LogP contribution in [0.1, 0.15) is 38.5 Å². The fourth-order valence-electron chi connectivity index (χ4n) is 2.93. The normalized spacial score (nSPS) is 20.3. The Kier molecular flexibility index (Phi) is 4.99. The summed E-state index contributed by atoms with van der Waals surface area (Å²) < 4.78 is 0. The minimum atomic E-state index is -0.480. The molecule has 0 aromatic rings. The number of carbonyl (C=O) groups is 2. The molecule has 2 saturated heterocycles. The summed E-state index contributed by atoms with van der Waals surface area (Å²) in [5.41, 5.74) is 11.7. The van der Waals surface area contributed by atoms with E-state index in [1.165, 1.54) is 0 Å². The summed E-state index contributed by atoms with van der Waals surface area (Å²) in [5, 5.41) is 0. The van der Waals surface area contributed by atoms with E-state index in [1.54, 1.807) is 0 Å². The van der Waals surface area contributed by atoms with Crippen molar-refractivity contribution in [3.63, 3.8) is 0 Å². The predicted octanol–water partition coefficient (Wildman–Crippen LogP) is -0.332.